The zero-order valence-electron chi connectivity index (χ0n) is 14.0. The number of nitrogens with zero attached hydrogens (tertiary/aromatic N) is 2. The Hall–Kier alpha value is -2.70. The van der Waals surface area contributed by atoms with Gasteiger partial charge < -0.3 is 14.8 Å². The van der Waals surface area contributed by atoms with E-state index in [2.05, 4.69) is 20.5 Å². The van der Waals surface area contributed by atoms with Gasteiger partial charge in [0, 0.05) is 11.1 Å². The van der Waals surface area contributed by atoms with E-state index in [1.54, 1.807) is 6.07 Å². The number of H-pyrrole nitrogens is 1. The maximum atomic E-state index is 12.6. The lowest BCUT2D eigenvalue weighted by Gasteiger charge is -2.06. The molecule has 10 nitrogen and oxygen atoms in total. The lowest BCUT2D eigenvalue weighted by molar-refractivity contribution is 0.102. The van der Waals surface area contributed by atoms with E-state index in [0.717, 1.165) is 11.1 Å². The van der Waals surface area contributed by atoms with Crippen molar-refractivity contribution in [1.29, 1.82) is 0 Å². The van der Waals surface area contributed by atoms with E-state index in [4.69, 9.17) is 14.6 Å². The van der Waals surface area contributed by atoms with Gasteiger partial charge in [0.1, 0.15) is 4.88 Å². The average molecular weight is 397 g/mol. The number of fused-ring (bicyclic) bond motifs is 1. The fourth-order valence-corrected chi connectivity index (χ4v) is 4.37. The number of thiophene rings is 1. The highest BCUT2D eigenvalue weighted by Crippen LogP contribution is 2.44. The molecule has 0 fully saturated rings. The number of hydrogen-bond donors (Lipinski definition) is 3. The molecule has 0 saturated carbocycles. The molecule has 0 radical (unpaired) electrons. The second kappa shape index (κ2) is 6.55. The number of carbonyl (C=O) groups excluding carboxylic acids is 1. The highest BCUT2D eigenvalue weighted by molar-refractivity contribution is 7.91. The number of hydrogen-bond acceptors (Lipinski definition) is 8. The van der Waals surface area contributed by atoms with Crippen LogP contribution in [0, 0.1) is 6.92 Å². The Morgan fingerprint density at radius 3 is 2.62 bits per heavy atom. The van der Waals surface area contributed by atoms with Crippen molar-refractivity contribution >= 4 is 44.0 Å². The maximum Gasteiger partial charge on any atom is 0.269 e. The number of nitrogens with two attached hydrogens (primary N) is 1. The molecule has 12 heteroatoms. The maximum absolute atomic E-state index is 12.6. The van der Waals surface area contributed by atoms with E-state index in [1.807, 2.05) is 6.92 Å². The standard InChI is InChI=1S/C14H15N5O5S2/c1-6-8-4-7(5-16-12(8)19-18-6)17-13(20)11-9(23-2)10(24-3)14(25-11)26(15,21)22/h4-5H,1-3H3,(H,17,20)(H2,15,21,22)(H,16,18,19). The molecule has 0 unspecified atom stereocenters. The molecule has 0 spiro atoms. The molecule has 0 aliphatic carbocycles. The van der Waals surface area contributed by atoms with Crippen LogP contribution in [-0.2, 0) is 10.0 Å². The van der Waals surface area contributed by atoms with E-state index < -0.39 is 15.9 Å². The van der Waals surface area contributed by atoms with Gasteiger partial charge in [0.05, 0.1) is 26.1 Å². The number of primary sulfonamides is 1. The van der Waals surface area contributed by atoms with Crippen molar-refractivity contribution < 1.29 is 22.7 Å². The number of rotatable bonds is 5. The molecule has 3 aromatic rings. The van der Waals surface area contributed by atoms with Gasteiger partial charge in [-0.25, -0.2) is 18.5 Å². The van der Waals surface area contributed by atoms with Crippen LogP contribution in [0.4, 0.5) is 5.69 Å². The Morgan fingerprint density at radius 1 is 1.31 bits per heavy atom. The van der Waals surface area contributed by atoms with E-state index in [9.17, 15) is 13.2 Å². The minimum Gasteiger partial charge on any atom is -0.491 e. The molecule has 4 N–H and O–H groups in total. The van der Waals surface area contributed by atoms with E-state index in [-0.39, 0.29) is 20.6 Å². The topological polar surface area (TPSA) is 149 Å². The Kier molecular flexibility index (Phi) is 4.56. The lowest BCUT2D eigenvalue weighted by Crippen LogP contribution is -2.12. The highest BCUT2D eigenvalue weighted by atomic mass is 32.2. The number of carbonyl (C=O) groups is 1. The number of amides is 1. The first-order valence-corrected chi connectivity index (χ1v) is 9.52. The van der Waals surface area contributed by atoms with Crippen LogP contribution < -0.4 is 19.9 Å². The summed E-state index contributed by atoms with van der Waals surface area (Å²) in [7, 11) is -1.52. The summed E-state index contributed by atoms with van der Waals surface area (Å²) in [5.41, 5.74) is 1.74. The van der Waals surface area contributed by atoms with Crippen LogP contribution in [-0.4, -0.2) is 43.7 Å². The van der Waals surface area contributed by atoms with Crippen molar-refractivity contribution in [1.82, 2.24) is 15.2 Å². The summed E-state index contributed by atoms with van der Waals surface area (Å²) in [6.07, 6.45) is 1.44. The summed E-state index contributed by atoms with van der Waals surface area (Å²) in [5.74, 6) is -0.695. The number of anilines is 1. The fourth-order valence-electron chi connectivity index (χ4n) is 2.36. The Morgan fingerprint density at radius 2 is 2.00 bits per heavy atom. The van der Waals surface area contributed by atoms with Crippen LogP contribution in [0.5, 0.6) is 11.5 Å². The van der Waals surface area contributed by atoms with Crippen molar-refractivity contribution in [3.63, 3.8) is 0 Å². The normalized spacial score (nSPS) is 11.5. The first-order chi connectivity index (χ1) is 12.3. The lowest BCUT2D eigenvalue weighted by atomic mass is 10.2. The Bertz CT molecular complexity index is 1100. The average Bonchev–Trinajstić information content (AvgIpc) is 3.15. The number of sulfonamides is 1. The largest absolute Gasteiger partial charge is 0.491 e. The zero-order chi connectivity index (χ0) is 19.1. The quantitative estimate of drug-likeness (QED) is 0.586. The predicted octanol–water partition coefficient (Wildman–Crippen LogP) is 1.24. The minimum absolute atomic E-state index is 0.00689. The van der Waals surface area contributed by atoms with Crippen molar-refractivity contribution in [3.05, 3.63) is 22.8 Å². The molecule has 3 rings (SSSR count). The molecule has 0 saturated heterocycles. The number of nitrogens with one attached hydrogen (secondary N) is 2. The van der Waals surface area contributed by atoms with Gasteiger partial charge in [-0.15, -0.1) is 11.3 Å². The molecule has 26 heavy (non-hydrogen) atoms. The van der Waals surface area contributed by atoms with Crippen molar-refractivity contribution in [2.24, 2.45) is 5.14 Å². The van der Waals surface area contributed by atoms with E-state index in [0.29, 0.717) is 22.7 Å². The molecular formula is C14H15N5O5S2. The van der Waals surface area contributed by atoms with E-state index in [1.165, 1.54) is 20.4 Å². The smallest absolute Gasteiger partial charge is 0.269 e. The number of methoxy groups -OCH3 is 2. The summed E-state index contributed by atoms with van der Waals surface area (Å²) in [6.45, 7) is 1.83. The van der Waals surface area contributed by atoms with Gasteiger partial charge in [0.25, 0.3) is 15.9 Å². The molecule has 138 valence electrons. The third kappa shape index (κ3) is 3.09. The second-order valence-electron chi connectivity index (χ2n) is 5.23. The molecule has 0 aromatic carbocycles. The van der Waals surface area contributed by atoms with Crippen LogP contribution >= 0.6 is 11.3 Å². The fraction of sp³-hybridized carbons (Fsp3) is 0.214. The van der Waals surface area contributed by atoms with Gasteiger partial charge in [0.15, 0.2) is 21.4 Å². The molecule has 0 atom stereocenters. The Balaban J connectivity index is 2.01. The van der Waals surface area contributed by atoms with Gasteiger partial charge in [-0.1, -0.05) is 0 Å². The summed E-state index contributed by atoms with van der Waals surface area (Å²) in [6, 6.07) is 1.71. The molecule has 0 aliphatic heterocycles. The van der Waals surface area contributed by atoms with Gasteiger partial charge in [-0.2, -0.15) is 5.10 Å². The third-order valence-electron chi connectivity index (χ3n) is 3.52. The molecule has 3 aromatic heterocycles. The van der Waals surface area contributed by atoms with Crippen molar-refractivity contribution in [3.8, 4) is 11.5 Å². The highest BCUT2D eigenvalue weighted by Gasteiger charge is 2.30. The molecule has 0 bridgehead atoms. The van der Waals surface area contributed by atoms with Crippen LogP contribution in [0.15, 0.2) is 16.5 Å². The molecule has 0 aliphatic rings. The first kappa shape index (κ1) is 18.1. The number of ether oxygens (including phenoxy) is 2. The molecule has 1 amide bonds. The number of aromatic nitrogens is 3. The molecular weight excluding hydrogens is 382 g/mol. The zero-order valence-corrected chi connectivity index (χ0v) is 15.6. The van der Waals surface area contributed by atoms with E-state index >= 15 is 0 Å². The number of pyridine rings is 1. The van der Waals surface area contributed by atoms with Gasteiger partial charge >= 0.3 is 0 Å². The Labute approximate surface area is 152 Å². The van der Waals surface area contributed by atoms with Gasteiger partial charge in [-0.05, 0) is 13.0 Å². The first-order valence-electron chi connectivity index (χ1n) is 7.16. The van der Waals surface area contributed by atoms with Crippen molar-refractivity contribution in [2.45, 2.75) is 11.1 Å². The predicted molar refractivity (Wildman–Crippen MR) is 95.4 cm³/mol. The summed E-state index contributed by atoms with van der Waals surface area (Å²) < 4.78 is 33.4. The summed E-state index contributed by atoms with van der Waals surface area (Å²) in [4.78, 5) is 16.8. The SMILES string of the molecule is COc1c(C(=O)Nc2cnc3n[nH]c(C)c3c2)sc(S(N)(=O)=O)c1OC. The minimum atomic E-state index is -4.08. The summed E-state index contributed by atoms with van der Waals surface area (Å²) in [5, 5.41) is 15.4. The van der Waals surface area contributed by atoms with Gasteiger partial charge in [-0.3, -0.25) is 9.89 Å². The number of aromatic amines is 1. The van der Waals surface area contributed by atoms with Gasteiger partial charge in [0.2, 0.25) is 0 Å². The monoisotopic (exact) mass is 397 g/mol. The summed E-state index contributed by atoms with van der Waals surface area (Å²) >= 11 is 0.664. The van der Waals surface area contributed by atoms with Crippen LogP contribution in [0.3, 0.4) is 0 Å². The second-order valence-corrected chi connectivity index (χ2v) is 8.01. The third-order valence-corrected chi connectivity index (χ3v) is 6.12. The van der Waals surface area contributed by atoms with Crippen molar-refractivity contribution in [2.75, 3.05) is 19.5 Å². The molecule has 3 heterocycles. The number of aryl methyl sites for hydroxylation is 1. The van der Waals surface area contributed by atoms with Crippen LogP contribution in [0.2, 0.25) is 0 Å². The van der Waals surface area contributed by atoms with Crippen LogP contribution in [0.1, 0.15) is 15.4 Å². The van der Waals surface area contributed by atoms with Crippen LogP contribution in [0.25, 0.3) is 11.0 Å².